The molecule has 19 heavy (non-hydrogen) atoms. The van der Waals surface area contributed by atoms with Gasteiger partial charge in [0.1, 0.15) is 0 Å². The molecule has 3 rings (SSSR count). The molecule has 2 saturated heterocycles. The van der Waals surface area contributed by atoms with Crippen LogP contribution < -0.4 is 0 Å². The Labute approximate surface area is 118 Å². The van der Waals surface area contributed by atoms with Crippen LogP contribution in [0, 0.1) is 0 Å². The standard InChI is InChI=1S/C13H19ClN4O/c14-13-2-1-11(15-16-13)9-17-4-3-12(10-17)18-5-7-19-8-6-18/h1-2,12H,3-10H2. The Bertz CT molecular complexity index is 408. The second-order valence-electron chi connectivity index (χ2n) is 5.17. The maximum atomic E-state index is 5.75. The number of aromatic nitrogens is 2. The Morgan fingerprint density at radius 3 is 2.79 bits per heavy atom. The molecule has 1 atom stereocenters. The van der Waals surface area contributed by atoms with Gasteiger partial charge in [-0.15, -0.1) is 5.10 Å². The van der Waals surface area contributed by atoms with Gasteiger partial charge in [-0.25, -0.2) is 0 Å². The largest absolute Gasteiger partial charge is 0.379 e. The normalized spacial score (nSPS) is 25.8. The summed E-state index contributed by atoms with van der Waals surface area (Å²) in [5, 5.41) is 8.47. The first-order valence-corrected chi connectivity index (χ1v) is 7.21. The van der Waals surface area contributed by atoms with Crippen LogP contribution in [0.4, 0.5) is 0 Å². The average molecular weight is 283 g/mol. The number of nitrogens with zero attached hydrogens (tertiary/aromatic N) is 4. The number of likely N-dealkylation sites (tertiary alicyclic amines) is 1. The highest BCUT2D eigenvalue weighted by atomic mass is 35.5. The topological polar surface area (TPSA) is 41.5 Å². The van der Waals surface area contributed by atoms with Gasteiger partial charge < -0.3 is 4.74 Å². The van der Waals surface area contributed by atoms with Crippen molar-refractivity contribution in [1.82, 2.24) is 20.0 Å². The summed E-state index contributed by atoms with van der Waals surface area (Å²) in [6, 6.07) is 4.43. The van der Waals surface area contributed by atoms with Crippen molar-refractivity contribution >= 4 is 11.6 Å². The van der Waals surface area contributed by atoms with Crippen LogP contribution in [-0.4, -0.2) is 65.4 Å². The molecule has 0 aliphatic carbocycles. The van der Waals surface area contributed by atoms with E-state index in [1.54, 1.807) is 6.07 Å². The van der Waals surface area contributed by atoms with Crippen molar-refractivity contribution in [2.45, 2.75) is 19.0 Å². The van der Waals surface area contributed by atoms with E-state index in [0.717, 1.165) is 51.6 Å². The lowest BCUT2D eigenvalue weighted by Crippen LogP contribution is -2.44. The fraction of sp³-hybridized carbons (Fsp3) is 0.692. The number of ether oxygens (including phenoxy) is 1. The summed E-state index contributed by atoms with van der Waals surface area (Å²) in [4.78, 5) is 5.00. The summed E-state index contributed by atoms with van der Waals surface area (Å²) in [7, 11) is 0. The highest BCUT2D eigenvalue weighted by Gasteiger charge is 2.28. The first-order valence-electron chi connectivity index (χ1n) is 6.83. The van der Waals surface area contributed by atoms with Crippen LogP contribution in [0.5, 0.6) is 0 Å². The molecule has 1 aromatic heterocycles. The molecule has 0 bridgehead atoms. The van der Waals surface area contributed by atoms with E-state index in [2.05, 4.69) is 20.0 Å². The van der Waals surface area contributed by atoms with Crippen molar-refractivity contribution in [3.8, 4) is 0 Å². The summed E-state index contributed by atoms with van der Waals surface area (Å²) in [5.74, 6) is 0. The predicted molar refractivity (Wildman–Crippen MR) is 73.1 cm³/mol. The Hall–Kier alpha value is -0.750. The van der Waals surface area contributed by atoms with Crippen molar-refractivity contribution in [2.24, 2.45) is 0 Å². The van der Waals surface area contributed by atoms with Crippen LogP contribution >= 0.6 is 11.6 Å². The van der Waals surface area contributed by atoms with E-state index in [1.807, 2.05) is 6.07 Å². The molecular formula is C13H19ClN4O. The van der Waals surface area contributed by atoms with Gasteiger partial charge in [0.25, 0.3) is 0 Å². The minimum absolute atomic E-state index is 0.455. The summed E-state index contributed by atoms with van der Waals surface area (Å²) in [5.41, 5.74) is 0.993. The van der Waals surface area contributed by atoms with Crippen molar-refractivity contribution in [2.75, 3.05) is 39.4 Å². The van der Waals surface area contributed by atoms with Gasteiger partial charge in [-0.3, -0.25) is 9.80 Å². The second kappa shape index (κ2) is 6.13. The first-order chi connectivity index (χ1) is 9.31. The molecule has 5 nitrogen and oxygen atoms in total. The van der Waals surface area contributed by atoms with Gasteiger partial charge in [0.2, 0.25) is 0 Å². The Morgan fingerprint density at radius 1 is 1.21 bits per heavy atom. The van der Waals surface area contributed by atoms with Gasteiger partial charge in [0, 0.05) is 38.8 Å². The van der Waals surface area contributed by atoms with E-state index in [0.29, 0.717) is 11.2 Å². The van der Waals surface area contributed by atoms with Crippen LogP contribution in [0.2, 0.25) is 5.15 Å². The van der Waals surface area contributed by atoms with Crippen molar-refractivity contribution in [3.05, 3.63) is 23.0 Å². The van der Waals surface area contributed by atoms with E-state index in [4.69, 9.17) is 16.3 Å². The Balaban J connectivity index is 1.52. The average Bonchev–Trinajstić information content (AvgIpc) is 2.91. The molecule has 1 unspecified atom stereocenters. The molecule has 2 fully saturated rings. The molecule has 2 aliphatic heterocycles. The summed E-state index contributed by atoms with van der Waals surface area (Å²) in [6.07, 6.45) is 1.24. The fourth-order valence-electron chi connectivity index (χ4n) is 2.85. The lowest BCUT2D eigenvalue weighted by molar-refractivity contribution is 0.0183. The second-order valence-corrected chi connectivity index (χ2v) is 5.56. The molecule has 0 N–H and O–H groups in total. The molecule has 0 aromatic carbocycles. The lowest BCUT2D eigenvalue weighted by atomic mass is 10.2. The fourth-order valence-corrected chi connectivity index (χ4v) is 2.95. The molecule has 3 heterocycles. The van der Waals surface area contributed by atoms with Crippen LogP contribution in [0.1, 0.15) is 12.1 Å². The van der Waals surface area contributed by atoms with E-state index < -0.39 is 0 Å². The quantitative estimate of drug-likeness (QED) is 0.829. The van der Waals surface area contributed by atoms with Crippen LogP contribution in [0.25, 0.3) is 0 Å². The molecule has 0 amide bonds. The van der Waals surface area contributed by atoms with E-state index in [9.17, 15) is 0 Å². The van der Waals surface area contributed by atoms with Crippen LogP contribution in [0.3, 0.4) is 0 Å². The van der Waals surface area contributed by atoms with Gasteiger partial charge in [0.05, 0.1) is 18.9 Å². The molecule has 6 heteroatoms. The summed E-state index contributed by atoms with van der Waals surface area (Å²) < 4.78 is 5.41. The van der Waals surface area contributed by atoms with E-state index >= 15 is 0 Å². The molecule has 2 aliphatic rings. The maximum absolute atomic E-state index is 5.75. The number of hydrogen-bond donors (Lipinski definition) is 0. The molecular weight excluding hydrogens is 264 g/mol. The van der Waals surface area contributed by atoms with Crippen LogP contribution in [0.15, 0.2) is 12.1 Å². The number of halogens is 1. The zero-order chi connectivity index (χ0) is 13.1. The van der Waals surface area contributed by atoms with Crippen molar-refractivity contribution in [3.63, 3.8) is 0 Å². The Morgan fingerprint density at radius 2 is 2.05 bits per heavy atom. The van der Waals surface area contributed by atoms with Gasteiger partial charge in [-0.1, -0.05) is 11.6 Å². The highest BCUT2D eigenvalue weighted by Crippen LogP contribution is 2.18. The zero-order valence-corrected chi connectivity index (χ0v) is 11.7. The number of rotatable bonds is 3. The monoisotopic (exact) mass is 282 g/mol. The predicted octanol–water partition coefficient (Wildman–Crippen LogP) is 1.04. The lowest BCUT2D eigenvalue weighted by Gasteiger charge is -2.32. The maximum Gasteiger partial charge on any atom is 0.151 e. The third-order valence-corrected chi connectivity index (χ3v) is 4.08. The summed E-state index contributed by atoms with van der Waals surface area (Å²) >= 11 is 5.75. The molecule has 1 aromatic rings. The highest BCUT2D eigenvalue weighted by molar-refractivity contribution is 6.29. The zero-order valence-electron chi connectivity index (χ0n) is 11.0. The smallest absolute Gasteiger partial charge is 0.151 e. The molecule has 0 radical (unpaired) electrons. The van der Waals surface area contributed by atoms with Crippen molar-refractivity contribution < 1.29 is 4.74 Å². The van der Waals surface area contributed by atoms with Crippen LogP contribution in [-0.2, 0) is 11.3 Å². The molecule has 0 saturated carbocycles. The Kier molecular flexibility index (Phi) is 4.28. The van der Waals surface area contributed by atoms with Gasteiger partial charge in [-0.2, -0.15) is 5.10 Å². The third kappa shape index (κ3) is 3.42. The minimum atomic E-state index is 0.455. The number of hydrogen-bond acceptors (Lipinski definition) is 5. The van der Waals surface area contributed by atoms with Gasteiger partial charge in [-0.05, 0) is 18.6 Å². The minimum Gasteiger partial charge on any atom is -0.379 e. The number of morpholine rings is 1. The summed E-state index contributed by atoms with van der Waals surface area (Å²) in [6.45, 7) is 7.00. The van der Waals surface area contributed by atoms with E-state index in [-0.39, 0.29) is 0 Å². The molecule has 104 valence electrons. The van der Waals surface area contributed by atoms with Gasteiger partial charge in [0.15, 0.2) is 5.15 Å². The molecule has 0 spiro atoms. The third-order valence-electron chi connectivity index (χ3n) is 3.88. The van der Waals surface area contributed by atoms with Crippen molar-refractivity contribution in [1.29, 1.82) is 0 Å². The SMILES string of the molecule is Clc1ccc(CN2CCC(N3CCOCC3)C2)nn1. The van der Waals surface area contributed by atoms with E-state index in [1.165, 1.54) is 6.42 Å². The van der Waals surface area contributed by atoms with Gasteiger partial charge >= 0.3 is 0 Å². The first kappa shape index (κ1) is 13.2.